The molecule has 0 bridgehead atoms. The zero-order valence-electron chi connectivity index (χ0n) is 16.5. The van der Waals surface area contributed by atoms with Gasteiger partial charge in [-0.3, -0.25) is 4.79 Å². The minimum Gasteiger partial charge on any atom is -0.494 e. The van der Waals surface area contributed by atoms with Gasteiger partial charge < -0.3 is 14.2 Å². The van der Waals surface area contributed by atoms with E-state index in [1.54, 1.807) is 30.5 Å². The Morgan fingerprint density at radius 2 is 1.82 bits per heavy atom. The van der Waals surface area contributed by atoms with E-state index in [1.165, 1.54) is 0 Å². The lowest BCUT2D eigenvalue weighted by Crippen LogP contribution is -2.17. The number of nitrogens with zero attached hydrogens (tertiary/aromatic N) is 1. The van der Waals surface area contributed by atoms with Gasteiger partial charge in [0.1, 0.15) is 5.75 Å². The van der Waals surface area contributed by atoms with Crippen molar-refractivity contribution in [3.8, 4) is 17.2 Å². The second kappa shape index (κ2) is 10.7. The number of ether oxygens (including phenoxy) is 3. The maximum absolute atomic E-state index is 12.2. The number of hydrogen-bond donors (Lipinski definition) is 1. The molecule has 0 aliphatic carbocycles. The molecule has 0 saturated heterocycles. The predicted molar refractivity (Wildman–Crippen MR) is 114 cm³/mol. The number of hydrazone groups is 1. The Morgan fingerprint density at radius 1 is 1.14 bits per heavy atom. The zero-order valence-corrected chi connectivity index (χ0v) is 18.1. The standard InChI is InChI=1S/C21H25BrN2O4/c1-5-26-17-9-7-16(8-10-17)21(25)24-23-13-15-11-18(22)20(28-14(3)4)19(12-15)27-6-2/h7-14H,5-6H2,1-4H3,(H,24,25)/b23-13-. The molecule has 0 aliphatic heterocycles. The molecule has 2 rings (SSSR count). The lowest BCUT2D eigenvalue weighted by atomic mass is 10.2. The molecule has 0 unspecified atom stereocenters. The second-order valence-electron chi connectivity index (χ2n) is 6.09. The molecule has 2 aromatic carbocycles. The molecule has 0 aromatic heterocycles. The molecule has 0 fully saturated rings. The summed E-state index contributed by atoms with van der Waals surface area (Å²) in [5, 5.41) is 4.04. The summed E-state index contributed by atoms with van der Waals surface area (Å²) in [7, 11) is 0. The lowest BCUT2D eigenvalue weighted by molar-refractivity contribution is 0.0955. The fourth-order valence-electron chi connectivity index (χ4n) is 2.37. The van der Waals surface area contributed by atoms with E-state index in [9.17, 15) is 4.79 Å². The van der Waals surface area contributed by atoms with E-state index < -0.39 is 0 Å². The Labute approximate surface area is 174 Å². The Bertz CT molecular complexity index is 820. The minimum atomic E-state index is -0.303. The topological polar surface area (TPSA) is 69.2 Å². The zero-order chi connectivity index (χ0) is 20.5. The highest BCUT2D eigenvalue weighted by Gasteiger charge is 2.13. The van der Waals surface area contributed by atoms with Crippen LogP contribution in [-0.4, -0.2) is 31.4 Å². The Balaban J connectivity index is 2.09. The Hall–Kier alpha value is -2.54. The third-order valence-electron chi connectivity index (χ3n) is 3.49. The van der Waals surface area contributed by atoms with E-state index in [-0.39, 0.29) is 12.0 Å². The summed E-state index contributed by atoms with van der Waals surface area (Å²) in [5.41, 5.74) is 3.78. The predicted octanol–water partition coefficient (Wildman–Crippen LogP) is 4.80. The Morgan fingerprint density at radius 3 is 2.43 bits per heavy atom. The number of hydrogen-bond acceptors (Lipinski definition) is 5. The maximum Gasteiger partial charge on any atom is 0.271 e. The number of carbonyl (C=O) groups is 1. The molecular weight excluding hydrogens is 424 g/mol. The van der Waals surface area contributed by atoms with Crippen molar-refractivity contribution in [2.75, 3.05) is 13.2 Å². The summed E-state index contributed by atoms with van der Waals surface area (Å²) in [5.74, 6) is 1.68. The summed E-state index contributed by atoms with van der Waals surface area (Å²) in [6.07, 6.45) is 1.57. The third-order valence-corrected chi connectivity index (χ3v) is 4.08. The van der Waals surface area contributed by atoms with Gasteiger partial charge in [0.05, 0.1) is 30.0 Å². The lowest BCUT2D eigenvalue weighted by Gasteiger charge is -2.16. The van der Waals surface area contributed by atoms with E-state index in [0.29, 0.717) is 30.3 Å². The number of benzene rings is 2. The average Bonchev–Trinajstić information content (AvgIpc) is 2.65. The first kappa shape index (κ1) is 21.8. The van der Waals surface area contributed by atoms with E-state index in [2.05, 4.69) is 26.5 Å². The van der Waals surface area contributed by atoms with Crippen LogP contribution in [0.15, 0.2) is 46.0 Å². The highest BCUT2D eigenvalue weighted by atomic mass is 79.9. The van der Waals surface area contributed by atoms with Crippen molar-refractivity contribution in [3.05, 3.63) is 52.0 Å². The van der Waals surface area contributed by atoms with Crippen LogP contribution in [0.2, 0.25) is 0 Å². The molecule has 0 aliphatic rings. The van der Waals surface area contributed by atoms with E-state index >= 15 is 0 Å². The molecule has 7 heteroatoms. The molecule has 28 heavy (non-hydrogen) atoms. The van der Waals surface area contributed by atoms with Crippen molar-refractivity contribution in [1.29, 1.82) is 0 Å². The fourth-order valence-corrected chi connectivity index (χ4v) is 2.93. The van der Waals surface area contributed by atoms with Crippen molar-refractivity contribution in [1.82, 2.24) is 5.43 Å². The molecule has 6 nitrogen and oxygen atoms in total. The summed E-state index contributed by atoms with van der Waals surface area (Å²) >= 11 is 3.51. The second-order valence-corrected chi connectivity index (χ2v) is 6.94. The Kier molecular flexibility index (Phi) is 8.32. The van der Waals surface area contributed by atoms with E-state index in [4.69, 9.17) is 14.2 Å². The smallest absolute Gasteiger partial charge is 0.271 e. The molecule has 1 amide bonds. The first-order valence-corrected chi connectivity index (χ1v) is 9.93. The molecule has 150 valence electrons. The molecule has 1 N–H and O–H groups in total. The fraction of sp³-hybridized carbons (Fsp3) is 0.333. The summed E-state index contributed by atoms with van der Waals surface area (Å²) in [4.78, 5) is 12.2. The first-order chi connectivity index (χ1) is 13.4. The highest BCUT2D eigenvalue weighted by molar-refractivity contribution is 9.10. The monoisotopic (exact) mass is 448 g/mol. The van der Waals surface area contributed by atoms with Crippen LogP contribution in [0.5, 0.6) is 17.2 Å². The van der Waals surface area contributed by atoms with Gasteiger partial charge in [-0.1, -0.05) is 0 Å². The third kappa shape index (κ3) is 6.27. The van der Waals surface area contributed by atoms with Gasteiger partial charge >= 0.3 is 0 Å². The quantitative estimate of drug-likeness (QED) is 0.441. The van der Waals surface area contributed by atoms with Gasteiger partial charge in [-0.05, 0) is 85.6 Å². The van der Waals surface area contributed by atoms with Gasteiger partial charge in [0.2, 0.25) is 0 Å². The van der Waals surface area contributed by atoms with Crippen molar-refractivity contribution in [2.24, 2.45) is 5.10 Å². The average molecular weight is 449 g/mol. The van der Waals surface area contributed by atoms with Crippen LogP contribution in [0.3, 0.4) is 0 Å². The maximum atomic E-state index is 12.2. The number of halogens is 1. The van der Waals surface area contributed by atoms with Gasteiger partial charge in [0.15, 0.2) is 11.5 Å². The van der Waals surface area contributed by atoms with Crippen LogP contribution < -0.4 is 19.6 Å². The van der Waals surface area contributed by atoms with Crippen molar-refractivity contribution in [3.63, 3.8) is 0 Å². The van der Waals surface area contributed by atoms with E-state index in [0.717, 1.165) is 15.8 Å². The number of carbonyl (C=O) groups excluding carboxylic acids is 1. The molecule has 0 atom stereocenters. The van der Waals surface area contributed by atoms with Crippen LogP contribution in [0.1, 0.15) is 43.6 Å². The van der Waals surface area contributed by atoms with Crippen LogP contribution in [0.25, 0.3) is 0 Å². The van der Waals surface area contributed by atoms with Crippen LogP contribution in [0.4, 0.5) is 0 Å². The molecule has 0 saturated carbocycles. The van der Waals surface area contributed by atoms with E-state index in [1.807, 2.05) is 39.8 Å². The van der Waals surface area contributed by atoms with Gasteiger partial charge in [-0.2, -0.15) is 5.10 Å². The number of amides is 1. The normalized spacial score (nSPS) is 10.9. The van der Waals surface area contributed by atoms with Crippen LogP contribution in [-0.2, 0) is 0 Å². The molecule has 0 heterocycles. The van der Waals surface area contributed by atoms with Crippen LogP contribution in [0, 0.1) is 0 Å². The van der Waals surface area contributed by atoms with Gasteiger partial charge in [0, 0.05) is 5.56 Å². The number of nitrogens with one attached hydrogen (secondary N) is 1. The highest BCUT2D eigenvalue weighted by Crippen LogP contribution is 2.37. The summed E-state index contributed by atoms with van der Waals surface area (Å²) in [6.45, 7) is 8.81. The summed E-state index contributed by atoms with van der Waals surface area (Å²) in [6, 6.07) is 10.6. The molecular formula is C21H25BrN2O4. The van der Waals surface area contributed by atoms with Crippen molar-refractivity contribution in [2.45, 2.75) is 33.8 Å². The van der Waals surface area contributed by atoms with Crippen molar-refractivity contribution < 1.29 is 19.0 Å². The minimum absolute atomic E-state index is 0.0171. The van der Waals surface area contributed by atoms with Gasteiger partial charge in [-0.15, -0.1) is 0 Å². The summed E-state index contributed by atoms with van der Waals surface area (Å²) < 4.78 is 17.6. The van der Waals surface area contributed by atoms with Gasteiger partial charge in [-0.25, -0.2) is 5.43 Å². The largest absolute Gasteiger partial charge is 0.494 e. The van der Waals surface area contributed by atoms with Gasteiger partial charge in [0.25, 0.3) is 5.91 Å². The van der Waals surface area contributed by atoms with Crippen molar-refractivity contribution >= 4 is 28.1 Å². The first-order valence-electron chi connectivity index (χ1n) is 9.13. The molecule has 0 radical (unpaired) electrons. The van der Waals surface area contributed by atoms with Crippen LogP contribution >= 0.6 is 15.9 Å². The molecule has 2 aromatic rings. The SMILES string of the molecule is CCOc1ccc(C(=O)N/N=C\c2cc(Br)c(OC(C)C)c(OCC)c2)cc1. The number of rotatable bonds is 9. The molecule has 0 spiro atoms.